The number of hydrogen-bond donors (Lipinski definition) is 0. The molecule has 0 N–H and O–H groups in total. The maximum Gasteiger partial charge on any atom is 0.184 e. The van der Waals surface area contributed by atoms with Crippen LogP contribution in [0.15, 0.2) is 43.0 Å². The molecule has 4 rings (SSSR count). The summed E-state index contributed by atoms with van der Waals surface area (Å²) in [5.74, 6) is 0. The first kappa shape index (κ1) is 15.8. The van der Waals surface area contributed by atoms with Gasteiger partial charge >= 0.3 is 0 Å². The molecule has 0 saturated carbocycles. The first-order chi connectivity index (χ1) is 12.3. The summed E-state index contributed by atoms with van der Waals surface area (Å²) in [7, 11) is 0. The molecule has 0 radical (unpaired) electrons. The molecule has 1 fully saturated rings. The van der Waals surface area contributed by atoms with Gasteiger partial charge in [0.25, 0.3) is 0 Å². The maximum absolute atomic E-state index is 4.56. The number of aromatic nitrogens is 4. The second kappa shape index (κ2) is 6.64. The molecule has 2 aromatic heterocycles. The highest BCUT2D eigenvalue weighted by Crippen LogP contribution is 2.21. The second-order valence-electron chi connectivity index (χ2n) is 6.22. The van der Waals surface area contributed by atoms with Gasteiger partial charge in [-0.2, -0.15) is 4.68 Å². The van der Waals surface area contributed by atoms with Crippen LogP contribution in [0.2, 0.25) is 0 Å². The Morgan fingerprint density at radius 3 is 2.40 bits per heavy atom. The van der Waals surface area contributed by atoms with Crippen LogP contribution >= 0.6 is 0 Å². The van der Waals surface area contributed by atoms with E-state index >= 15 is 0 Å². The van der Waals surface area contributed by atoms with Crippen LogP contribution in [-0.2, 0) is 0 Å². The van der Waals surface area contributed by atoms with Crippen LogP contribution < -0.4 is 4.90 Å². The summed E-state index contributed by atoms with van der Waals surface area (Å²) in [6.07, 6.45) is 1.73. The zero-order valence-corrected chi connectivity index (χ0v) is 14.5. The number of piperazine rings is 1. The number of benzene rings is 1. The number of hydrogen-bond acceptors (Lipinski definition) is 5. The molecule has 1 aliphatic heterocycles. The Bertz CT molecular complexity index is 875. The zero-order valence-electron chi connectivity index (χ0n) is 14.5. The number of pyridine rings is 1. The van der Waals surface area contributed by atoms with Crippen molar-refractivity contribution < 1.29 is 0 Å². The third-order valence-electron chi connectivity index (χ3n) is 4.81. The highest BCUT2D eigenvalue weighted by Gasteiger charge is 2.16. The topological polar surface area (TPSA) is 50.1 Å². The molecule has 1 aliphatic rings. The van der Waals surface area contributed by atoms with Gasteiger partial charge in [-0.05, 0) is 49.0 Å². The molecule has 128 valence electrons. The highest BCUT2D eigenvalue weighted by atomic mass is 15.4. The monoisotopic (exact) mass is 334 g/mol. The van der Waals surface area contributed by atoms with E-state index in [1.807, 2.05) is 12.1 Å². The summed E-state index contributed by atoms with van der Waals surface area (Å²) in [6.45, 7) is 11.5. The van der Waals surface area contributed by atoms with Gasteiger partial charge in [0.2, 0.25) is 0 Å². The van der Waals surface area contributed by atoms with E-state index in [1.165, 1.54) is 5.69 Å². The van der Waals surface area contributed by atoms with E-state index in [0.29, 0.717) is 0 Å². The lowest BCUT2D eigenvalue weighted by atomic mass is 10.2. The number of fused-ring (bicyclic) bond motifs is 1. The summed E-state index contributed by atoms with van der Waals surface area (Å²) >= 11 is 0. The summed E-state index contributed by atoms with van der Waals surface area (Å²) in [5.41, 5.74) is 4.57. The quantitative estimate of drug-likeness (QED) is 0.734. The summed E-state index contributed by atoms with van der Waals surface area (Å²) < 4.78 is 1.78. The van der Waals surface area contributed by atoms with Gasteiger partial charge in [0.1, 0.15) is 5.52 Å². The van der Waals surface area contributed by atoms with Crippen molar-refractivity contribution in [3.8, 4) is 5.69 Å². The average Bonchev–Trinajstić information content (AvgIpc) is 3.11. The number of likely N-dealkylation sites (N-methyl/N-ethyl adjacent to an activating group) is 1. The normalized spacial score (nSPS) is 15.6. The fraction of sp³-hybridized carbons (Fsp3) is 0.316. The third-order valence-corrected chi connectivity index (χ3v) is 4.81. The van der Waals surface area contributed by atoms with Crippen molar-refractivity contribution in [3.05, 3.63) is 48.7 Å². The lowest BCUT2D eigenvalue weighted by molar-refractivity contribution is 0.271. The highest BCUT2D eigenvalue weighted by molar-refractivity contribution is 5.73. The maximum atomic E-state index is 4.56. The van der Waals surface area contributed by atoms with Crippen molar-refractivity contribution in [1.82, 2.24) is 24.9 Å². The number of rotatable bonds is 4. The standard InChI is InChI=1S/C19H22N6/c1-3-15-5-10-18-19(20-15)25(22-21-18)17-8-6-16(7-9-17)24-13-11-23(4-2)12-14-24/h3,5-10H,1,4,11-14H2,2H3. The molecular formula is C19H22N6. The Morgan fingerprint density at radius 2 is 1.72 bits per heavy atom. The van der Waals surface area contributed by atoms with Crippen LogP contribution in [0, 0.1) is 0 Å². The van der Waals surface area contributed by atoms with E-state index in [-0.39, 0.29) is 0 Å². The minimum Gasteiger partial charge on any atom is -0.369 e. The third kappa shape index (κ3) is 3.00. The van der Waals surface area contributed by atoms with Crippen LogP contribution in [0.4, 0.5) is 5.69 Å². The fourth-order valence-electron chi connectivity index (χ4n) is 3.24. The van der Waals surface area contributed by atoms with Crippen molar-refractivity contribution in [3.63, 3.8) is 0 Å². The van der Waals surface area contributed by atoms with Crippen molar-refractivity contribution >= 4 is 22.9 Å². The van der Waals surface area contributed by atoms with E-state index in [4.69, 9.17) is 0 Å². The van der Waals surface area contributed by atoms with E-state index in [0.717, 1.165) is 55.3 Å². The Hall–Kier alpha value is -2.73. The van der Waals surface area contributed by atoms with Crippen LogP contribution in [0.5, 0.6) is 0 Å². The second-order valence-corrected chi connectivity index (χ2v) is 6.22. The van der Waals surface area contributed by atoms with Crippen LogP contribution in [0.1, 0.15) is 12.6 Å². The number of anilines is 1. The molecule has 1 aromatic carbocycles. The molecule has 3 heterocycles. The molecule has 1 saturated heterocycles. The molecule has 6 heteroatoms. The first-order valence-electron chi connectivity index (χ1n) is 8.71. The lowest BCUT2D eigenvalue weighted by Gasteiger charge is -2.35. The Labute approximate surface area is 147 Å². The van der Waals surface area contributed by atoms with Gasteiger partial charge in [-0.1, -0.05) is 18.7 Å². The van der Waals surface area contributed by atoms with Crippen LogP contribution in [0.3, 0.4) is 0 Å². The smallest absolute Gasteiger partial charge is 0.184 e. The zero-order chi connectivity index (χ0) is 17.2. The molecule has 0 unspecified atom stereocenters. The van der Waals surface area contributed by atoms with Crippen molar-refractivity contribution in [2.75, 3.05) is 37.6 Å². The van der Waals surface area contributed by atoms with Crippen molar-refractivity contribution in [1.29, 1.82) is 0 Å². The van der Waals surface area contributed by atoms with Gasteiger partial charge in [-0.15, -0.1) is 5.10 Å². The van der Waals surface area contributed by atoms with Crippen molar-refractivity contribution in [2.45, 2.75) is 6.92 Å². The molecule has 6 nitrogen and oxygen atoms in total. The molecule has 0 bridgehead atoms. The Kier molecular flexibility index (Phi) is 4.19. The van der Waals surface area contributed by atoms with E-state index in [1.54, 1.807) is 10.8 Å². The van der Waals surface area contributed by atoms with E-state index in [2.05, 4.69) is 62.9 Å². The largest absolute Gasteiger partial charge is 0.369 e. The lowest BCUT2D eigenvalue weighted by Crippen LogP contribution is -2.46. The predicted molar refractivity (Wildman–Crippen MR) is 101 cm³/mol. The van der Waals surface area contributed by atoms with Gasteiger partial charge in [-0.25, -0.2) is 4.98 Å². The molecule has 25 heavy (non-hydrogen) atoms. The minimum absolute atomic E-state index is 0.752. The molecular weight excluding hydrogens is 312 g/mol. The van der Waals surface area contributed by atoms with Gasteiger partial charge in [-0.3, -0.25) is 0 Å². The van der Waals surface area contributed by atoms with E-state index < -0.39 is 0 Å². The van der Waals surface area contributed by atoms with Gasteiger partial charge in [0.15, 0.2) is 5.65 Å². The van der Waals surface area contributed by atoms with Crippen molar-refractivity contribution in [2.24, 2.45) is 0 Å². The Morgan fingerprint density at radius 1 is 1.00 bits per heavy atom. The SMILES string of the molecule is C=Cc1ccc2nnn(-c3ccc(N4CCN(CC)CC4)cc3)c2n1. The van der Waals surface area contributed by atoms with Gasteiger partial charge < -0.3 is 9.80 Å². The molecule has 3 aromatic rings. The minimum atomic E-state index is 0.752. The van der Waals surface area contributed by atoms with Gasteiger partial charge in [0, 0.05) is 31.9 Å². The molecule has 0 spiro atoms. The van der Waals surface area contributed by atoms with E-state index in [9.17, 15) is 0 Å². The molecule has 0 aliphatic carbocycles. The summed E-state index contributed by atoms with van der Waals surface area (Å²) in [4.78, 5) is 9.48. The van der Waals surface area contributed by atoms with Crippen LogP contribution in [0.25, 0.3) is 22.9 Å². The fourth-order valence-corrected chi connectivity index (χ4v) is 3.24. The molecule has 0 amide bonds. The molecule has 0 atom stereocenters. The predicted octanol–water partition coefficient (Wildman–Crippen LogP) is 2.60. The Balaban J connectivity index is 1.59. The first-order valence-corrected chi connectivity index (χ1v) is 8.71. The van der Waals surface area contributed by atoms with Crippen LogP contribution in [-0.4, -0.2) is 57.6 Å². The average molecular weight is 334 g/mol. The van der Waals surface area contributed by atoms with Gasteiger partial charge in [0.05, 0.1) is 11.4 Å². The summed E-state index contributed by atoms with van der Waals surface area (Å²) in [6, 6.07) is 12.3. The number of nitrogens with zero attached hydrogens (tertiary/aromatic N) is 6. The summed E-state index contributed by atoms with van der Waals surface area (Å²) in [5, 5.41) is 8.45.